The molecular weight excluding hydrogens is 236 g/mol. The smallest absolute Gasteiger partial charge is 0.252 e. The third-order valence-electron chi connectivity index (χ3n) is 3.44. The van der Waals surface area contributed by atoms with Gasteiger partial charge in [0.25, 0.3) is 5.91 Å². The SMILES string of the molecule is COC1(C(=O)NCC(C)(C)SC)CCNCC1. The topological polar surface area (TPSA) is 50.4 Å². The molecule has 0 radical (unpaired) electrons. The number of methoxy groups -OCH3 is 1. The first kappa shape index (κ1) is 14.8. The minimum Gasteiger partial charge on any atom is -0.368 e. The van der Waals surface area contributed by atoms with Crippen LogP contribution in [-0.4, -0.2) is 49.3 Å². The fraction of sp³-hybridized carbons (Fsp3) is 0.917. The highest BCUT2D eigenvalue weighted by Crippen LogP contribution is 2.24. The van der Waals surface area contributed by atoms with Gasteiger partial charge in [-0.05, 0) is 46.0 Å². The van der Waals surface area contributed by atoms with Crippen LogP contribution in [0.1, 0.15) is 26.7 Å². The zero-order chi connectivity index (χ0) is 12.9. The van der Waals surface area contributed by atoms with E-state index < -0.39 is 5.60 Å². The zero-order valence-electron chi connectivity index (χ0n) is 11.3. The fourth-order valence-electron chi connectivity index (χ4n) is 1.88. The van der Waals surface area contributed by atoms with Crippen LogP contribution < -0.4 is 10.6 Å². The van der Waals surface area contributed by atoms with Gasteiger partial charge in [-0.15, -0.1) is 0 Å². The van der Waals surface area contributed by atoms with Crippen LogP contribution in [0.3, 0.4) is 0 Å². The Bertz CT molecular complexity index is 263. The standard InChI is InChI=1S/C12H24N2O2S/c1-11(2,17-4)9-14-10(15)12(16-3)5-7-13-8-6-12/h13H,5-9H2,1-4H3,(H,14,15). The Labute approximate surface area is 108 Å². The third kappa shape index (κ3) is 3.86. The molecule has 0 aromatic carbocycles. The van der Waals surface area contributed by atoms with Crippen molar-refractivity contribution in [2.75, 3.05) is 33.0 Å². The molecule has 1 heterocycles. The van der Waals surface area contributed by atoms with Gasteiger partial charge in [-0.1, -0.05) is 0 Å². The van der Waals surface area contributed by atoms with Crippen LogP contribution >= 0.6 is 11.8 Å². The van der Waals surface area contributed by atoms with Gasteiger partial charge in [0, 0.05) is 18.4 Å². The lowest BCUT2D eigenvalue weighted by molar-refractivity contribution is -0.146. The maximum Gasteiger partial charge on any atom is 0.252 e. The third-order valence-corrected chi connectivity index (χ3v) is 4.69. The maximum atomic E-state index is 12.2. The van der Waals surface area contributed by atoms with Crippen LogP contribution in [0.4, 0.5) is 0 Å². The van der Waals surface area contributed by atoms with Crippen LogP contribution in [0.2, 0.25) is 0 Å². The molecule has 0 unspecified atom stereocenters. The molecule has 1 rings (SSSR count). The first-order valence-corrected chi connectivity index (χ1v) is 7.27. The number of rotatable bonds is 5. The van der Waals surface area contributed by atoms with Crippen molar-refractivity contribution in [2.24, 2.45) is 0 Å². The van der Waals surface area contributed by atoms with E-state index in [1.54, 1.807) is 18.9 Å². The largest absolute Gasteiger partial charge is 0.368 e. The molecule has 0 aromatic rings. The molecule has 2 N–H and O–H groups in total. The Balaban J connectivity index is 2.55. The molecule has 4 nitrogen and oxygen atoms in total. The van der Waals surface area contributed by atoms with E-state index >= 15 is 0 Å². The molecule has 1 aliphatic rings. The van der Waals surface area contributed by atoms with Crippen molar-refractivity contribution < 1.29 is 9.53 Å². The summed E-state index contributed by atoms with van der Waals surface area (Å²) in [6, 6.07) is 0. The minimum atomic E-state index is -0.625. The number of hydrogen-bond acceptors (Lipinski definition) is 4. The van der Waals surface area contributed by atoms with Gasteiger partial charge in [0.05, 0.1) is 0 Å². The summed E-state index contributed by atoms with van der Waals surface area (Å²) in [4.78, 5) is 12.2. The van der Waals surface area contributed by atoms with E-state index in [1.165, 1.54) is 0 Å². The van der Waals surface area contributed by atoms with Crippen molar-refractivity contribution in [1.29, 1.82) is 0 Å². The van der Waals surface area contributed by atoms with E-state index in [9.17, 15) is 4.79 Å². The molecule has 5 heteroatoms. The van der Waals surface area contributed by atoms with Crippen molar-refractivity contribution in [3.8, 4) is 0 Å². The van der Waals surface area contributed by atoms with Crippen LogP contribution in [0.5, 0.6) is 0 Å². The quantitative estimate of drug-likeness (QED) is 0.775. The average Bonchev–Trinajstić information content (AvgIpc) is 2.37. The number of hydrogen-bond donors (Lipinski definition) is 2. The van der Waals surface area contributed by atoms with Gasteiger partial charge >= 0.3 is 0 Å². The van der Waals surface area contributed by atoms with E-state index in [2.05, 4.69) is 30.7 Å². The van der Waals surface area contributed by atoms with Crippen molar-refractivity contribution >= 4 is 17.7 Å². The Morgan fingerprint density at radius 2 is 2.06 bits per heavy atom. The second kappa shape index (κ2) is 6.07. The van der Waals surface area contributed by atoms with Gasteiger partial charge in [-0.25, -0.2) is 0 Å². The van der Waals surface area contributed by atoms with Gasteiger partial charge < -0.3 is 15.4 Å². The van der Waals surface area contributed by atoms with Crippen LogP contribution in [0.15, 0.2) is 0 Å². The predicted octanol–water partition coefficient (Wildman–Crippen LogP) is 1.01. The zero-order valence-corrected chi connectivity index (χ0v) is 12.1. The Morgan fingerprint density at radius 1 is 1.47 bits per heavy atom. The van der Waals surface area contributed by atoms with Crippen LogP contribution in [-0.2, 0) is 9.53 Å². The molecule has 17 heavy (non-hydrogen) atoms. The second-order valence-corrected chi connectivity index (χ2v) is 6.61. The van der Waals surface area contributed by atoms with Gasteiger partial charge in [0.2, 0.25) is 0 Å². The van der Waals surface area contributed by atoms with Gasteiger partial charge in [0.1, 0.15) is 5.60 Å². The summed E-state index contributed by atoms with van der Waals surface area (Å²) in [5.74, 6) is 0.0311. The first-order chi connectivity index (χ1) is 7.96. The Hall–Kier alpha value is -0.260. The predicted molar refractivity (Wildman–Crippen MR) is 72.4 cm³/mol. The highest BCUT2D eigenvalue weighted by molar-refractivity contribution is 7.99. The number of amides is 1. The molecule has 1 fully saturated rings. The number of nitrogens with one attached hydrogen (secondary N) is 2. The van der Waals surface area contributed by atoms with E-state index in [1.807, 2.05) is 0 Å². The van der Waals surface area contributed by atoms with E-state index in [0.717, 1.165) is 25.9 Å². The highest BCUT2D eigenvalue weighted by Gasteiger charge is 2.39. The molecule has 1 amide bonds. The van der Waals surface area contributed by atoms with Crippen molar-refractivity contribution in [3.63, 3.8) is 0 Å². The Morgan fingerprint density at radius 3 is 2.53 bits per heavy atom. The Kier molecular flexibility index (Phi) is 5.28. The first-order valence-electron chi connectivity index (χ1n) is 6.05. The lowest BCUT2D eigenvalue weighted by Gasteiger charge is -2.35. The molecule has 0 aromatic heterocycles. The maximum absolute atomic E-state index is 12.2. The molecule has 0 bridgehead atoms. The number of carbonyl (C=O) groups excluding carboxylic acids is 1. The summed E-state index contributed by atoms with van der Waals surface area (Å²) >= 11 is 1.75. The van der Waals surface area contributed by atoms with Gasteiger partial charge in [-0.2, -0.15) is 11.8 Å². The number of carbonyl (C=O) groups is 1. The normalized spacial score (nSPS) is 20.0. The number of ether oxygens (including phenoxy) is 1. The van der Waals surface area contributed by atoms with Crippen molar-refractivity contribution in [3.05, 3.63) is 0 Å². The summed E-state index contributed by atoms with van der Waals surface area (Å²) in [5.41, 5.74) is -0.625. The van der Waals surface area contributed by atoms with Crippen LogP contribution in [0, 0.1) is 0 Å². The second-order valence-electron chi connectivity index (χ2n) is 5.09. The van der Waals surface area contributed by atoms with E-state index in [0.29, 0.717) is 6.54 Å². The molecule has 1 saturated heterocycles. The molecule has 100 valence electrons. The van der Waals surface area contributed by atoms with E-state index in [4.69, 9.17) is 4.74 Å². The van der Waals surface area contributed by atoms with Crippen LogP contribution in [0.25, 0.3) is 0 Å². The van der Waals surface area contributed by atoms with E-state index in [-0.39, 0.29) is 10.7 Å². The molecule has 1 aliphatic heterocycles. The monoisotopic (exact) mass is 260 g/mol. The van der Waals surface area contributed by atoms with Crippen molar-refractivity contribution in [2.45, 2.75) is 37.0 Å². The molecule has 0 spiro atoms. The molecular formula is C12H24N2O2S. The molecule has 0 aliphatic carbocycles. The average molecular weight is 260 g/mol. The summed E-state index contributed by atoms with van der Waals surface area (Å²) in [6.45, 7) is 6.60. The molecule has 0 atom stereocenters. The van der Waals surface area contributed by atoms with Crippen molar-refractivity contribution in [1.82, 2.24) is 10.6 Å². The van der Waals surface area contributed by atoms with Gasteiger partial charge in [0.15, 0.2) is 0 Å². The summed E-state index contributed by atoms with van der Waals surface area (Å²) in [6.07, 6.45) is 3.55. The summed E-state index contributed by atoms with van der Waals surface area (Å²) in [5, 5.41) is 6.27. The number of thioether (sulfide) groups is 1. The number of piperidine rings is 1. The fourth-order valence-corrected chi connectivity index (χ4v) is 2.10. The minimum absolute atomic E-state index is 0.0311. The van der Waals surface area contributed by atoms with Gasteiger partial charge in [-0.3, -0.25) is 4.79 Å². The lowest BCUT2D eigenvalue weighted by atomic mass is 9.91. The summed E-state index contributed by atoms with van der Waals surface area (Å²) < 4.78 is 5.55. The summed E-state index contributed by atoms with van der Waals surface area (Å²) in [7, 11) is 1.63. The molecule has 0 saturated carbocycles. The lowest BCUT2D eigenvalue weighted by Crippen LogP contribution is -2.55. The highest BCUT2D eigenvalue weighted by atomic mass is 32.2.